The average Bonchev–Trinajstić information content (AvgIpc) is 3.32. The molecule has 1 aliphatic heterocycles. The number of hydrogen-bond acceptors (Lipinski definition) is 5. The molecule has 3 saturated carbocycles. The molecule has 4 aliphatic carbocycles. The fourth-order valence-corrected chi connectivity index (χ4v) is 7.83. The predicted octanol–water partition coefficient (Wildman–Crippen LogP) is 3.19. The van der Waals surface area contributed by atoms with E-state index in [0.717, 1.165) is 44.9 Å². The lowest BCUT2D eigenvalue weighted by molar-refractivity contribution is -0.152. The van der Waals surface area contributed by atoms with Gasteiger partial charge in [0.25, 0.3) is 0 Å². The Kier molecular flexibility index (Phi) is 3.97. The van der Waals surface area contributed by atoms with E-state index in [9.17, 15) is 14.7 Å². The summed E-state index contributed by atoms with van der Waals surface area (Å²) >= 11 is 0. The molecule has 5 nitrogen and oxygen atoms in total. The van der Waals surface area contributed by atoms with Gasteiger partial charge in [-0.2, -0.15) is 0 Å². The summed E-state index contributed by atoms with van der Waals surface area (Å²) in [5, 5.41) is 10.1. The molecule has 0 aromatic rings. The van der Waals surface area contributed by atoms with Gasteiger partial charge in [-0.1, -0.05) is 25.5 Å². The van der Waals surface area contributed by atoms with E-state index in [1.807, 2.05) is 0 Å². The van der Waals surface area contributed by atoms with E-state index in [0.29, 0.717) is 17.8 Å². The summed E-state index contributed by atoms with van der Waals surface area (Å²) in [6.07, 6.45) is 9.14. The Labute approximate surface area is 166 Å². The first-order valence-corrected chi connectivity index (χ1v) is 10.9. The zero-order valence-corrected chi connectivity index (χ0v) is 17.2. The van der Waals surface area contributed by atoms with Crippen molar-refractivity contribution >= 4 is 11.8 Å². The number of allylic oxidation sites excluding steroid dienone is 1. The van der Waals surface area contributed by atoms with Crippen LogP contribution >= 0.6 is 0 Å². The third-order valence-electron chi connectivity index (χ3n) is 9.33. The van der Waals surface area contributed by atoms with E-state index < -0.39 is 11.6 Å². The molecule has 5 unspecified atom stereocenters. The van der Waals surface area contributed by atoms with Crippen molar-refractivity contribution in [3.63, 3.8) is 0 Å². The van der Waals surface area contributed by atoms with Crippen molar-refractivity contribution in [2.45, 2.75) is 83.5 Å². The van der Waals surface area contributed by atoms with Gasteiger partial charge in [-0.05, 0) is 68.1 Å². The number of rotatable bonds is 3. The molecule has 28 heavy (non-hydrogen) atoms. The van der Waals surface area contributed by atoms with Gasteiger partial charge in [0.1, 0.15) is 0 Å². The number of Topliss-reactive ketones (excluding diaryl/α,β-unsaturated/α-hetero) is 1. The van der Waals surface area contributed by atoms with E-state index in [1.165, 1.54) is 12.5 Å². The van der Waals surface area contributed by atoms with Crippen LogP contribution in [0.2, 0.25) is 0 Å². The second-order valence-corrected chi connectivity index (χ2v) is 10.4. The van der Waals surface area contributed by atoms with Gasteiger partial charge >= 0.3 is 5.97 Å². The molecule has 0 aromatic carbocycles. The molecule has 5 rings (SSSR count). The summed E-state index contributed by atoms with van der Waals surface area (Å²) in [6.45, 7) is 5.84. The van der Waals surface area contributed by atoms with Gasteiger partial charge in [-0.3, -0.25) is 9.59 Å². The summed E-state index contributed by atoms with van der Waals surface area (Å²) in [6, 6.07) is 0. The topological polar surface area (TPSA) is 76.1 Å². The maximum Gasteiger partial charge on any atom is 0.303 e. The van der Waals surface area contributed by atoms with Crippen LogP contribution in [0.5, 0.6) is 0 Å². The molecule has 1 N–H and O–H groups in total. The number of carbonyl (C=O) groups excluding carboxylic acids is 2. The van der Waals surface area contributed by atoms with Gasteiger partial charge in [-0.15, -0.1) is 0 Å². The lowest BCUT2D eigenvalue weighted by atomic mass is 9.47. The number of aliphatic hydroxyl groups is 1. The average molecular weight is 389 g/mol. The van der Waals surface area contributed by atoms with Gasteiger partial charge in [0.15, 0.2) is 12.2 Å². The summed E-state index contributed by atoms with van der Waals surface area (Å²) in [7, 11) is 0. The minimum absolute atomic E-state index is 0.00401. The van der Waals surface area contributed by atoms with Gasteiger partial charge in [0, 0.05) is 12.3 Å². The van der Waals surface area contributed by atoms with Crippen LogP contribution in [0, 0.1) is 28.6 Å². The number of hydrogen-bond donors (Lipinski definition) is 1. The second kappa shape index (κ2) is 5.91. The van der Waals surface area contributed by atoms with Crippen molar-refractivity contribution in [3.8, 4) is 0 Å². The van der Waals surface area contributed by atoms with Crippen LogP contribution in [0.1, 0.15) is 65.7 Å². The summed E-state index contributed by atoms with van der Waals surface area (Å²) < 4.78 is 11.1. The molecule has 0 amide bonds. The highest BCUT2D eigenvalue weighted by molar-refractivity contribution is 5.94. The van der Waals surface area contributed by atoms with Crippen molar-refractivity contribution in [1.82, 2.24) is 0 Å². The molecule has 5 aliphatic rings. The van der Waals surface area contributed by atoms with Crippen LogP contribution in [-0.4, -0.2) is 41.3 Å². The molecule has 0 aromatic heterocycles. The van der Waals surface area contributed by atoms with Gasteiger partial charge in [0.2, 0.25) is 5.78 Å². The maximum atomic E-state index is 13.0. The Morgan fingerprint density at radius 2 is 2.04 bits per heavy atom. The number of fused-ring (bicyclic) bond motifs is 7. The monoisotopic (exact) mass is 388 g/mol. The molecule has 5 heteroatoms. The largest absolute Gasteiger partial charge is 0.458 e. The van der Waals surface area contributed by atoms with Crippen molar-refractivity contribution < 1.29 is 24.2 Å². The minimum Gasteiger partial charge on any atom is -0.458 e. The molecule has 1 saturated heterocycles. The van der Waals surface area contributed by atoms with Gasteiger partial charge in [-0.25, -0.2) is 0 Å². The summed E-state index contributed by atoms with van der Waals surface area (Å²) in [4.78, 5) is 24.2. The van der Waals surface area contributed by atoms with E-state index >= 15 is 0 Å². The van der Waals surface area contributed by atoms with E-state index in [4.69, 9.17) is 9.47 Å². The van der Waals surface area contributed by atoms with Crippen LogP contribution in [0.25, 0.3) is 0 Å². The Morgan fingerprint density at radius 3 is 2.79 bits per heavy atom. The molecule has 154 valence electrons. The predicted molar refractivity (Wildman–Crippen MR) is 102 cm³/mol. The molecule has 1 heterocycles. The van der Waals surface area contributed by atoms with Gasteiger partial charge in [0.05, 0.1) is 12.2 Å². The number of ketones is 1. The van der Waals surface area contributed by atoms with E-state index in [2.05, 4.69) is 19.9 Å². The number of esters is 1. The number of epoxide rings is 1. The van der Waals surface area contributed by atoms with Crippen LogP contribution in [0.4, 0.5) is 0 Å². The van der Waals surface area contributed by atoms with Crippen molar-refractivity contribution in [3.05, 3.63) is 11.6 Å². The minimum atomic E-state index is -0.730. The quantitative estimate of drug-likeness (QED) is 0.456. The van der Waals surface area contributed by atoms with Crippen LogP contribution in [0.3, 0.4) is 0 Å². The standard InChI is InChI=1S/C23H32O5/c1-13(24)27-12-19(26)23-20(28-23)11-18-16-5-4-14-10-15(25)6-8-21(14,2)17(16)7-9-22(18,23)3/h4,15-18,20,25H,5-12H2,1-3H3/t15?,16?,17?,18?,20?,21-,22-,23+/m0/s1. The van der Waals surface area contributed by atoms with Gasteiger partial charge < -0.3 is 14.6 Å². The second-order valence-electron chi connectivity index (χ2n) is 10.4. The third-order valence-corrected chi connectivity index (χ3v) is 9.33. The molecule has 0 radical (unpaired) electrons. The Hall–Kier alpha value is -1.20. The van der Waals surface area contributed by atoms with E-state index in [1.54, 1.807) is 0 Å². The Morgan fingerprint density at radius 1 is 1.25 bits per heavy atom. The Bertz CT molecular complexity index is 758. The van der Waals surface area contributed by atoms with Crippen molar-refractivity contribution in [2.24, 2.45) is 28.6 Å². The lowest BCUT2D eigenvalue weighted by Crippen LogP contribution is -2.55. The highest BCUT2D eigenvalue weighted by Crippen LogP contribution is 2.73. The summed E-state index contributed by atoms with van der Waals surface area (Å²) in [5.74, 6) is 1.24. The molecule has 0 spiro atoms. The smallest absolute Gasteiger partial charge is 0.303 e. The van der Waals surface area contributed by atoms with Crippen molar-refractivity contribution in [2.75, 3.05) is 6.61 Å². The zero-order chi connectivity index (χ0) is 19.9. The Balaban J connectivity index is 1.42. The molecule has 4 fully saturated rings. The fourth-order valence-electron chi connectivity index (χ4n) is 7.83. The first kappa shape index (κ1) is 18.8. The van der Waals surface area contributed by atoms with Crippen molar-refractivity contribution in [1.29, 1.82) is 0 Å². The van der Waals surface area contributed by atoms with Crippen LogP contribution < -0.4 is 0 Å². The molecular formula is C23H32O5. The van der Waals surface area contributed by atoms with Crippen LogP contribution in [0.15, 0.2) is 11.6 Å². The number of aliphatic hydroxyl groups excluding tert-OH is 1. The van der Waals surface area contributed by atoms with E-state index in [-0.39, 0.29) is 35.4 Å². The highest BCUT2D eigenvalue weighted by Gasteiger charge is 2.80. The SMILES string of the molecule is CC(=O)OCC(=O)[C@@]12OC1CC1C3CC=C4CC(O)CC[C@]4(C)C3CC[C@@]12C. The fraction of sp³-hybridized carbons (Fsp3) is 0.826. The first-order chi connectivity index (χ1) is 13.2. The molecule has 0 bridgehead atoms. The maximum absolute atomic E-state index is 13.0. The third kappa shape index (κ3) is 2.26. The van der Waals surface area contributed by atoms with Crippen LogP contribution in [-0.2, 0) is 19.1 Å². The zero-order valence-electron chi connectivity index (χ0n) is 17.2. The normalized spacial score (nSPS) is 51.1. The summed E-state index contributed by atoms with van der Waals surface area (Å²) in [5.41, 5.74) is 0.778. The lowest BCUT2D eigenvalue weighted by Gasteiger charge is -2.58. The molecular weight excluding hydrogens is 356 g/mol. The molecule has 8 atom stereocenters. The first-order valence-electron chi connectivity index (χ1n) is 10.9. The number of ether oxygens (including phenoxy) is 2. The highest BCUT2D eigenvalue weighted by atomic mass is 16.6. The number of carbonyl (C=O) groups is 2.